The normalized spacial score (nSPS) is 20.0. The molecule has 0 aliphatic carbocycles. The molecule has 1 aliphatic heterocycles. The standard InChI is InChI=1S/C15H25N3O2S/c1-3-9-21(19,20)16-10-14-7-8-18(11-14)12-15-6-4-5-13(2)17-15/h4-6,14,16H,3,7-12H2,1-2H3. The molecule has 1 N–H and O–H groups in total. The van der Waals surface area contributed by atoms with Gasteiger partial charge in [-0.05, 0) is 44.4 Å². The van der Waals surface area contributed by atoms with E-state index in [0.717, 1.165) is 37.4 Å². The average molecular weight is 311 g/mol. The summed E-state index contributed by atoms with van der Waals surface area (Å²) < 4.78 is 26.1. The second kappa shape index (κ2) is 7.33. The maximum absolute atomic E-state index is 11.7. The number of rotatable bonds is 7. The molecule has 0 bridgehead atoms. The Labute approximate surface area is 127 Å². The maximum atomic E-state index is 11.7. The fourth-order valence-electron chi connectivity index (χ4n) is 2.73. The number of pyridine rings is 1. The van der Waals surface area contributed by atoms with Gasteiger partial charge in [-0.25, -0.2) is 13.1 Å². The number of aryl methyl sites for hydroxylation is 1. The molecule has 1 atom stereocenters. The fourth-order valence-corrected chi connectivity index (χ4v) is 3.90. The fraction of sp³-hybridized carbons (Fsp3) is 0.667. The van der Waals surface area contributed by atoms with E-state index >= 15 is 0 Å². The topological polar surface area (TPSA) is 62.3 Å². The minimum atomic E-state index is -3.08. The Morgan fingerprint density at radius 1 is 1.43 bits per heavy atom. The second-order valence-electron chi connectivity index (χ2n) is 5.83. The number of nitrogens with one attached hydrogen (secondary N) is 1. The Kier molecular flexibility index (Phi) is 5.72. The largest absolute Gasteiger partial charge is 0.297 e. The van der Waals surface area contributed by atoms with E-state index in [-0.39, 0.29) is 5.75 Å². The first-order chi connectivity index (χ1) is 9.98. The van der Waals surface area contributed by atoms with Crippen LogP contribution in [0.1, 0.15) is 31.2 Å². The van der Waals surface area contributed by atoms with Gasteiger partial charge in [-0.3, -0.25) is 9.88 Å². The Balaban J connectivity index is 1.78. The molecule has 6 heteroatoms. The van der Waals surface area contributed by atoms with Crippen LogP contribution in [0, 0.1) is 12.8 Å². The highest BCUT2D eigenvalue weighted by atomic mass is 32.2. The average Bonchev–Trinajstić information content (AvgIpc) is 2.84. The Morgan fingerprint density at radius 2 is 2.24 bits per heavy atom. The summed E-state index contributed by atoms with van der Waals surface area (Å²) in [6.07, 6.45) is 1.70. The molecule has 5 nitrogen and oxygen atoms in total. The van der Waals surface area contributed by atoms with Crippen molar-refractivity contribution in [2.24, 2.45) is 5.92 Å². The highest BCUT2D eigenvalue weighted by molar-refractivity contribution is 7.89. The lowest BCUT2D eigenvalue weighted by molar-refractivity contribution is 0.312. The molecule has 1 fully saturated rings. The molecule has 1 saturated heterocycles. The van der Waals surface area contributed by atoms with Crippen molar-refractivity contribution in [2.75, 3.05) is 25.4 Å². The lowest BCUT2D eigenvalue weighted by atomic mass is 10.1. The molecule has 1 aromatic rings. The van der Waals surface area contributed by atoms with Crippen molar-refractivity contribution in [3.05, 3.63) is 29.6 Å². The van der Waals surface area contributed by atoms with Gasteiger partial charge in [-0.1, -0.05) is 13.0 Å². The number of hydrogen-bond acceptors (Lipinski definition) is 4. The van der Waals surface area contributed by atoms with Crippen molar-refractivity contribution >= 4 is 10.0 Å². The Hall–Kier alpha value is -0.980. The minimum absolute atomic E-state index is 0.219. The Morgan fingerprint density at radius 3 is 2.95 bits per heavy atom. The number of sulfonamides is 1. The number of hydrogen-bond donors (Lipinski definition) is 1. The van der Waals surface area contributed by atoms with E-state index in [9.17, 15) is 8.42 Å². The van der Waals surface area contributed by atoms with Gasteiger partial charge in [-0.2, -0.15) is 0 Å². The van der Waals surface area contributed by atoms with E-state index in [1.54, 1.807) is 0 Å². The van der Waals surface area contributed by atoms with E-state index in [4.69, 9.17) is 0 Å². The highest BCUT2D eigenvalue weighted by Gasteiger charge is 2.24. The molecule has 0 radical (unpaired) electrons. The van der Waals surface area contributed by atoms with Gasteiger partial charge in [0, 0.05) is 25.3 Å². The Bertz CT molecular complexity index is 560. The summed E-state index contributed by atoms with van der Waals surface area (Å²) in [5, 5.41) is 0. The van der Waals surface area contributed by atoms with Crippen molar-refractivity contribution in [2.45, 2.75) is 33.2 Å². The summed E-state index contributed by atoms with van der Waals surface area (Å²) in [4.78, 5) is 6.87. The van der Waals surface area contributed by atoms with Gasteiger partial charge in [0.1, 0.15) is 0 Å². The van der Waals surface area contributed by atoms with Crippen molar-refractivity contribution in [1.29, 1.82) is 0 Å². The van der Waals surface area contributed by atoms with Crippen LogP contribution in [-0.4, -0.2) is 43.7 Å². The summed E-state index contributed by atoms with van der Waals surface area (Å²) >= 11 is 0. The zero-order chi connectivity index (χ0) is 15.3. The third-order valence-corrected chi connectivity index (χ3v) is 5.32. The van der Waals surface area contributed by atoms with Crippen LogP contribution < -0.4 is 4.72 Å². The summed E-state index contributed by atoms with van der Waals surface area (Å²) in [7, 11) is -3.08. The highest BCUT2D eigenvalue weighted by Crippen LogP contribution is 2.17. The first kappa shape index (κ1) is 16.4. The van der Waals surface area contributed by atoms with Gasteiger partial charge in [0.05, 0.1) is 11.4 Å². The van der Waals surface area contributed by atoms with E-state index in [1.807, 2.05) is 32.0 Å². The summed E-state index contributed by atoms with van der Waals surface area (Å²) in [5.74, 6) is 0.623. The molecule has 21 heavy (non-hydrogen) atoms. The third-order valence-electron chi connectivity index (χ3n) is 3.77. The monoisotopic (exact) mass is 311 g/mol. The molecule has 0 saturated carbocycles. The lowest BCUT2D eigenvalue weighted by Crippen LogP contribution is -2.32. The van der Waals surface area contributed by atoms with Crippen LogP contribution >= 0.6 is 0 Å². The van der Waals surface area contributed by atoms with Gasteiger partial charge < -0.3 is 0 Å². The molecule has 2 heterocycles. The SMILES string of the molecule is CCCS(=O)(=O)NCC1CCN(Cc2cccc(C)n2)C1. The zero-order valence-corrected chi connectivity index (χ0v) is 13.7. The van der Waals surface area contributed by atoms with Gasteiger partial charge >= 0.3 is 0 Å². The van der Waals surface area contributed by atoms with Gasteiger partial charge in [0.15, 0.2) is 0 Å². The van der Waals surface area contributed by atoms with Gasteiger partial charge in [-0.15, -0.1) is 0 Å². The predicted molar refractivity (Wildman–Crippen MR) is 84.4 cm³/mol. The van der Waals surface area contributed by atoms with Crippen molar-refractivity contribution in [1.82, 2.24) is 14.6 Å². The van der Waals surface area contributed by atoms with Gasteiger partial charge in [0.25, 0.3) is 0 Å². The van der Waals surface area contributed by atoms with Crippen LogP contribution in [0.3, 0.4) is 0 Å². The summed E-state index contributed by atoms with van der Waals surface area (Å²) in [6, 6.07) is 6.08. The molecular formula is C15H25N3O2S. The first-order valence-corrected chi connectivity index (χ1v) is 9.26. The first-order valence-electron chi connectivity index (χ1n) is 7.61. The predicted octanol–water partition coefficient (Wildman–Crippen LogP) is 1.54. The molecule has 118 valence electrons. The maximum Gasteiger partial charge on any atom is 0.211 e. The molecule has 0 spiro atoms. The van der Waals surface area contributed by atoms with Crippen molar-refractivity contribution in [3.63, 3.8) is 0 Å². The van der Waals surface area contributed by atoms with Crippen LogP contribution in [0.15, 0.2) is 18.2 Å². The molecule has 2 rings (SSSR count). The van der Waals surface area contributed by atoms with Crippen LogP contribution in [0.4, 0.5) is 0 Å². The van der Waals surface area contributed by atoms with E-state index in [2.05, 4.69) is 14.6 Å². The minimum Gasteiger partial charge on any atom is -0.297 e. The molecule has 1 unspecified atom stereocenters. The molecule has 1 aliphatic rings. The van der Waals surface area contributed by atoms with E-state index in [1.165, 1.54) is 0 Å². The van der Waals surface area contributed by atoms with Crippen LogP contribution in [0.2, 0.25) is 0 Å². The molecule has 0 amide bonds. The van der Waals surface area contributed by atoms with E-state index in [0.29, 0.717) is 18.9 Å². The van der Waals surface area contributed by atoms with Gasteiger partial charge in [0.2, 0.25) is 10.0 Å². The van der Waals surface area contributed by atoms with Crippen LogP contribution in [0.5, 0.6) is 0 Å². The second-order valence-corrected chi connectivity index (χ2v) is 7.75. The quantitative estimate of drug-likeness (QED) is 0.830. The van der Waals surface area contributed by atoms with Crippen molar-refractivity contribution in [3.8, 4) is 0 Å². The number of nitrogens with zero attached hydrogens (tertiary/aromatic N) is 2. The zero-order valence-electron chi connectivity index (χ0n) is 12.9. The molecule has 0 aromatic carbocycles. The third kappa shape index (κ3) is 5.37. The summed E-state index contributed by atoms with van der Waals surface area (Å²) in [6.45, 7) is 7.23. The smallest absolute Gasteiger partial charge is 0.211 e. The molecular weight excluding hydrogens is 286 g/mol. The molecule has 1 aromatic heterocycles. The van der Waals surface area contributed by atoms with Crippen molar-refractivity contribution < 1.29 is 8.42 Å². The summed E-state index contributed by atoms with van der Waals surface area (Å²) in [5.41, 5.74) is 2.12. The van der Waals surface area contributed by atoms with E-state index < -0.39 is 10.0 Å². The number of likely N-dealkylation sites (tertiary alicyclic amines) is 1. The van der Waals surface area contributed by atoms with Crippen LogP contribution in [-0.2, 0) is 16.6 Å². The number of aromatic nitrogens is 1. The van der Waals surface area contributed by atoms with Crippen LogP contribution in [0.25, 0.3) is 0 Å². The lowest BCUT2D eigenvalue weighted by Gasteiger charge is -2.16.